The van der Waals surface area contributed by atoms with E-state index in [0.717, 1.165) is 11.3 Å². The summed E-state index contributed by atoms with van der Waals surface area (Å²) < 4.78 is 0. The number of carbonyl (C=O) groups excluding carboxylic acids is 1. The molecule has 0 radical (unpaired) electrons. The van der Waals surface area contributed by atoms with E-state index < -0.39 is 0 Å². The number of amides is 1. The lowest BCUT2D eigenvalue weighted by Gasteiger charge is -2.14. The third-order valence-electron chi connectivity index (χ3n) is 2.77. The van der Waals surface area contributed by atoms with Gasteiger partial charge in [0.15, 0.2) is 5.13 Å². The molecule has 0 bridgehead atoms. The number of rotatable bonds is 3. The Hall–Kier alpha value is -1.39. The molecule has 1 amide bonds. The smallest absolute Gasteiger partial charge is 0.230 e. The van der Waals surface area contributed by atoms with Crippen molar-refractivity contribution in [2.24, 2.45) is 0 Å². The van der Waals surface area contributed by atoms with Gasteiger partial charge in [0, 0.05) is 15.8 Å². The molecule has 1 aromatic carbocycles. The molecular weight excluding hydrogens is 292 g/mol. The molecule has 106 valence electrons. The highest BCUT2D eigenvalue weighted by Gasteiger charge is 2.18. The molecule has 1 heterocycles. The third kappa shape index (κ3) is 4.05. The van der Waals surface area contributed by atoms with Gasteiger partial charge >= 0.3 is 0 Å². The van der Waals surface area contributed by atoms with Gasteiger partial charge in [0.25, 0.3) is 0 Å². The fraction of sp³-hybridized carbons (Fsp3) is 0.333. The van der Waals surface area contributed by atoms with Crippen molar-refractivity contribution in [1.82, 2.24) is 4.98 Å². The zero-order valence-corrected chi connectivity index (χ0v) is 13.3. The van der Waals surface area contributed by atoms with Crippen molar-refractivity contribution in [3.05, 3.63) is 45.9 Å². The summed E-state index contributed by atoms with van der Waals surface area (Å²) in [6.45, 7) is 6.29. The lowest BCUT2D eigenvalue weighted by atomic mass is 9.93. The van der Waals surface area contributed by atoms with Crippen LogP contribution in [0.2, 0.25) is 5.02 Å². The largest absolute Gasteiger partial charge is 0.302 e. The number of anilines is 1. The van der Waals surface area contributed by atoms with Crippen LogP contribution in [0.1, 0.15) is 32.0 Å². The first kappa shape index (κ1) is 15.0. The third-order valence-corrected chi connectivity index (χ3v) is 3.77. The number of hydrogen-bond donors (Lipinski definition) is 1. The average Bonchev–Trinajstić information content (AvgIpc) is 2.76. The topological polar surface area (TPSA) is 42.0 Å². The summed E-state index contributed by atoms with van der Waals surface area (Å²) in [4.78, 5) is 16.4. The molecule has 2 aromatic rings. The van der Waals surface area contributed by atoms with E-state index in [9.17, 15) is 4.79 Å². The van der Waals surface area contributed by atoms with E-state index in [0.29, 0.717) is 16.6 Å². The van der Waals surface area contributed by atoms with Crippen molar-refractivity contribution in [3.63, 3.8) is 0 Å². The summed E-state index contributed by atoms with van der Waals surface area (Å²) in [6, 6.07) is 7.31. The normalized spacial score (nSPS) is 11.4. The summed E-state index contributed by atoms with van der Waals surface area (Å²) in [5.41, 5.74) is 1.87. The summed E-state index contributed by atoms with van der Waals surface area (Å²) in [5.74, 6) is -0.0814. The van der Waals surface area contributed by atoms with Crippen molar-refractivity contribution >= 4 is 34.0 Å². The van der Waals surface area contributed by atoms with E-state index in [1.165, 1.54) is 11.3 Å². The summed E-state index contributed by atoms with van der Waals surface area (Å²) in [7, 11) is 0. The molecule has 0 spiro atoms. The molecule has 3 nitrogen and oxygen atoms in total. The molecule has 0 aliphatic carbocycles. The minimum absolute atomic E-state index is 0.00751. The Morgan fingerprint density at radius 1 is 1.40 bits per heavy atom. The van der Waals surface area contributed by atoms with Gasteiger partial charge in [0.05, 0.1) is 12.1 Å². The summed E-state index contributed by atoms with van der Waals surface area (Å²) in [6.07, 6.45) is 0.297. The highest BCUT2D eigenvalue weighted by Crippen LogP contribution is 2.26. The predicted molar refractivity (Wildman–Crippen MR) is 84.6 cm³/mol. The maximum Gasteiger partial charge on any atom is 0.230 e. The summed E-state index contributed by atoms with van der Waals surface area (Å²) in [5, 5.41) is 6.09. The Labute approximate surface area is 128 Å². The van der Waals surface area contributed by atoms with Gasteiger partial charge in [0.1, 0.15) is 0 Å². The van der Waals surface area contributed by atoms with E-state index in [-0.39, 0.29) is 11.3 Å². The van der Waals surface area contributed by atoms with Crippen molar-refractivity contribution in [1.29, 1.82) is 0 Å². The number of nitrogens with one attached hydrogen (secondary N) is 1. The molecule has 2 rings (SSSR count). The van der Waals surface area contributed by atoms with Crippen LogP contribution in [0, 0.1) is 0 Å². The first-order chi connectivity index (χ1) is 9.34. The number of nitrogens with zero attached hydrogens (tertiary/aromatic N) is 1. The quantitative estimate of drug-likeness (QED) is 0.919. The van der Waals surface area contributed by atoms with E-state index in [1.54, 1.807) is 12.1 Å². The Bertz CT molecular complexity index is 616. The molecule has 5 heteroatoms. The standard InChI is InChI=1S/C15H17ClN2OS/c1-15(2,3)12-9-20-14(17-12)18-13(19)8-10-5-4-6-11(16)7-10/h4-7,9H,8H2,1-3H3,(H,17,18,19). The van der Waals surface area contributed by atoms with Gasteiger partial charge in [-0.2, -0.15) is 0 Å². The zero-order chi connectivity index (χ0) is 14.8. The van der Waals surface area contributed by atoms with Crippen LogP contribution >= 0.6 is 22.9 Å². The first-order valence-corrected chi connectivity index (χ1v) is 7.60. The Kier molecular flexibility index (Phi) is 4.45. The average molecular weight is 309 g/mol. The van der Waals surface area contributed by atoms with Crippen LogP contribution in [0.5, 0.6) is 0 Å². The number of carbonyl (C=O) groups is 1. The van der Waals surface area contributed by atoms with E-state index in [2.05, 4.69) is 31.1 Å². The van der Waals surface area contributed by atoms with Crippen molar-refractivity contribution in [3.8, 4) is 0 Å². The fourth-order valence-corrected chi connectivity index (χ4v) is 2.84. The fourth-order valence-electron chi connectivity index (χ4n) is 1.67. The molecule has 1 N–H and O–H groups in total. The van der Waals surface area contributed by atoms with Crippen molar-refractivity contribution in [2.45, 2.75) is 32.6 Å². The van der Waals surface area contributed by atoms with Crippen molar-refractivity contribution in [2.75, 3.05) is 5.32 Å². The molecule has 0 unspecified atom stereocenters. The van der Waals surface area contributed by atoms with Crippen LogP contribution < -0.4 is 5.32 Å². The molecule has 0 atom stereocenters. The molecule has 1 aromatic heterocycles. The SMILES string of the molecule is CC(C)(C)c1csc(NC(=O)Cc2cccc(Cl)c2)n1. The minimum atomic E-state index is -0.0814. The molecule has 0 aliphatic rings. The van der Waals surface area contributed by atoms with Crippen LogP contribution in [0.25, 0.3) is 0 Å². The lowest BCUT2D eigenvalue weighted by Crippen LogP contribution is -2.15. The molecule has 0 fully saturated rings. The first-order valence-electron chi connectivity index (χ1n) is 6.35. The minimum Gasteiger partial charge on any atom is -0.302 e. The zero-order valence-electron chi connectivity index (χ0n) is 11.7. The van der Waals surface area contributed by atoms with Crippen LogP contribution in [0.4, 0.5) is 5.13 Å². The number of thiazole rings is 1. The van der Waals surface area contributed by atoms with Crippen LogP contribution in [0.3, 0.4) is 0 Å². The van der Waals surface area contributed by atoms with Gasteiger partial charge in [0.2, 0.25) is 5.91 Å². The van der Waals surface area contributed by atoms with Gasteiger partial charge in [-0.3, -0.25) is 4.79 Å². The van der Waals surface area contributed by atoms with E-state index >= 15 is 0 Å². The second-order valence-electron chi connectivity index (χ2n) is 5.64. The highest BCUT2D eigenvalue weighted by molar-refractivity contribution is 7.13. The second-order valence-corrected chi connectivity index (χ2v) is 6.94. The van der Waals surface area contributed by atoms with Crippen LogP contribution in [-0.2, 0) is 16.6 Å². The maximum atomic E-state index is 12.0. The Morgan fingerprint density at radius 2 is 2.15 bits per heavy atom. The van der Waals surface area contributed by atoms with Crippen LogP contribution in [-0.4, -0.2) is 10.9 Å². The number of hydrogen-bond acceptors (Lipinski definition) is 3. The second kappa shape index (κ2) is 5.94. The molecule has 0 saturated heterocycles. The van der Waals surface area contributed by atoms with Crippen molar-refractivity contribution < 1.29 is 4.79 Å². The number of benzene rings is 1. The number of aromatic nitrogens is 1. The molecule has 0 saturated carbocycles. The van der Waals surface area contributed by atoms with Gasteiger partial charge < -0.3 is 5.32 Å². The Morgan fingerprint density at radius 3 is 2.75 bits per heavy atom. The lowest BCUT2D eigenvalue weighted by molar-refractivity contribution is -0.115. The predicted octanol–water partition coefficient (Wildman–Crippen LogP) is 4.28. The van der Waals surface area contributed by atoms with Gasteiger partial charge in [-0.05, 0) is 17.7 Å². The maximum absolute atomic E-state index is 12.0. The van der Waals surface area contributed by atoms with E-state index in [1.807, 2.05) is 17.5 Å². The summed E-state index contributed by atoms with van der Waals surface area (Å²) >= 11 is 7.35. The Balaban J connectivity index is 2.00. The van der Waals surface area contributed by atoms with Gasteiger partial charge in [-0.15, -0.1) is 11.3 Å². The van der Waals surface area contributed by atoms with Gasteiger partial charge in [-0.1, -0.05) is 44.5 Å². The highest BCUT2D eigenvalue weighted by atomic mass is 35.5. The van der Waals surface area contributed by atoms with Crippen LogP contribution in [0.15, 0.2) is 29.6 Å². The molecule has 0 aliphatic heterocycles. The number of halogens is 1. The monoisotopic (exact) mass is 308 g/mol. The van der Waals surface area contributed by atoms with Gasteiger partial charge in [-0.25, -0.2) is 4.98 Å². The van der Waals surface area contributed by atoms with E-state index in [4.69, 9.17) is 11.6 Å². The molecular formula is C15H17ClN2OS. The molecule has 20 heavy (non-hydrogen) atoms.